The Morgan fingerprint density at radius 1 is 1.15 bits per heavy atom. The first kappa shape index (κ1) is 14.8. The van der Waals surface area contributed by atoms with E-state index in [-0.39, 0.29) is 0 Å². The molecule has 1 saturated carbocycles. The maximum Gasteiger partial charge on any atom is 0.0510 e. The van der Waals surface area contributed by atoms with E-state index >= 15 is 0 Å². The summed E-state index contributed by atoms with van der Waals surface area (Å²) < 4.78 is 5.62. The largest absolute Gasteiger partial charge is 0.381 e. The molecule has 0 radical (unpaired) electrons. The number of likely N-dealkylation sites (tertiary alicyclic amines) is 1. The predicted octanol–water partition coefficient (Wildman–Crippen LogP) is 2.66. The number of hydrogen-bond acceptors (Lipinski definition) is 3. The van der Waals surface area contributed by atoms with Gasteiger partial charge in [0.15, 0.2) is 0 Å². The van der Waals surface area contributed by atoms with Gasteiger partial charge in [0, 0.05) is 31.2 Å². The van der Waals surface area contributed by atoms with E-state index in [9.17, 15) is 0 Å². The number of ether oxygens (including phenoxy) is 1. The summed E-state index contributed by atoms with van der Waals surface area (Å²) in [5.74, 6) is 1.73. The highest BCUT2D eigenvalue weighted by Gasteiger charge is 2.35. The molecule has 0 aromatic rings. The minimum Gasteiger partial charge on any atom is -0.381 e. The molecule has 2 aliphatic heterocycles. The van der Waals surface area contributed by atoms with Gasteiger partial charge in [-0.15, -0.1) is 0 Å². The van der Waals surface area contributed by atoms with Crippen molar-refractivity contribution in [2.24, 2.45) is 11.8 Å². The zero-order valence-corrected chi connectivity index (χ0v) is 13.2. The van der Waals surface area contributed by atoms with E-state index in [4.69, 9.17) is 4.74 Å². The lowest BCUT2D eigenvalue weighted by Crippen LogP contribution is -2.53. The second kappa shape index (κ2) is 7.24. The van der Waals surface area contributed by atoms with Gasteiger partial charge in [-0.2, -0.15) is 0 Å². The van der Waals surface area contributed by atoms with Crippen molar-refractivity contribution in [1.82, 2.24) is 10.2 Å². The smallest absolute Gasteiger partial charge is 0.0510 e. The Morgan fingerprint density at radius 3 is 2.80 bits per heavy atom. The summed E-state index contributed by atoms with van der Waals surface area (Å²) in [6.07, 6.45) is 10.0. The van der Waals surface area contributed by atoms with E-state index in [1.165, 1.54) is 58.0 Å². The summed E-state index contributed by atoms with van der Waals surface area (Å²) in [5.41, 5.74) is 0. The maximum atomic E-state index is 5.62. The van der Waals surface area contributed by atoms with E-state index in [2.05, 4.69) is 17.1 Å². The lowest BCUT2D eigenvalue weighted by molar-refractivity contribution is 0.0455. The van der Waals surface area contributed by atoms with Gasteiger partial charge in [0.05, 0.1) is 6.61 Å². The fourth-order valence-electron chi connectivity index (χ4n) is 4.72. The van der Waals surface area contributed by atoms with E-state index < -0.39 is 0 Å². The Bertz CT molecular complexity index is 289. The van der Waals surface area contributed by atoms with E-state index in [0.29, 0.717) is 6.04 Å². The molecule has 3 nitrogen and oxygen atoms in total. The molecule has 2 saturated heterocycles. The summed E-state index contributed by atoms with van der Waals surface area (Å²) in [6, 6.07) is 1.53. The second-order valence-electron chi connectivity index (χ2n) is 7.04. The summed E-state index contributed by atoms with van der Waals surface area (Å²) in [4.78, 5) is 2.83. The molecule has 0 aromatic heterocycles. The number of fused-ring (bicyclic) bond motifs is 1. The molecule has 2 heterocycles. The van der Waals surface area contributed by atoms with Gasteiger partial charge in [0.2, 0.25) is 0 Å². The third kappa shape index (κ3) is 3.37. The Labute approximate surface area is 124 Å². The van der Waals surface area contributed by atoms with Gasteiger partial charge in [-0.1, -0.05) is 19.8 Å². The maximum absolute atomic E-state index is 5.62. The third-order valence-corrected chi connectivity index (χ3v) is 5.79. The van der Waals surface area contributed by atoms with Crippen LogP contribution in [0.5, 0.6) is 0 Å². The van der Waals surface area contributed by atoms with Crippen LogP contribution in [0.4, 0.5) is 0 Å². The number of likely N-dealkylation sites (N-methyl/N-ethyl adjacent to an activating group) is 1. The van der Waals surface area contributed by atoms with Crippen LogP contribution in [0.2, 0.25) is 0 Å². The van der Waals surface area contributed by atoms with Crippen molar-refractivity contribution in [1.29, 1.82) is 0 Å². The van der Waals surface area contributed by atoms with Crippen molar-refractivity contribution in [2.75, 3.05) is 32.8 Å². The lowest BCUT2D eigenvalue weighted by atomic mass is 9.78. The van der Waals surface area contributed by atoms with Crippen LogP contribution in [0.3, 0.4) is 0 Å². The zero-order valence-electron chi connectivity index (χ0n) is 13.2. The van der Waals surface area contributed by atoms with Crippen LogP contribution < -0.4 is 5.32 Å². The van der Waals surface area contributed by atoms with Gasteiger partial charge >= 0.3 is 0 Å². The summed E-state index contributed by atoms with van der Waals surface area (Å²) in [7, 11) is 0. The minimum absolute atomic E-state index is 0.642. The van der Waals surface area contributed by atoms with Crippen molar-refractivity contribution in [3.63, 3.8) is 0 Å². The first-order valence-corrected chi connectivity index (χ1v) is 8.93. The van der Waals surface area contributed by atoms with Gasteiger partial charge in [0.25, 0.3) is 0 Å². The average Bonchev–Trinajstić information content (AvgIpc) is 3.01. The van der Waals surface area contributed by atoms with Crippen LogP contribution in [0.15, 0.2) is 0 Å². The van der Waals surface area contributed by atoms with E-state index in [1.807, 2.05) is 0 Å². The van der Waals surface area contributed by atoms with Gasteiger partial charge in [-0.25, -0.2) is 0 Å². The molecule has 116 valence electrons. The van der Waals surface area contributed by atoms with Crippen LogP contribution in [0.1, 0.15) is 51.9 Å². The Morgan fingerprint density at radius 2 is 2.00 bits per heavy atom. The molecule has 0 bridgehead atoms. The molecule has 4 atom stereocenters. The quantitative estimate of drug-likeness (QED) is 0.838. The van der Waals surface area contributed by atoms with Gasteiger partial charge < -0.3 is 10.1 Å². The summed E-state index contributed by atoms with van der Waals surface area (Å²) in [6.45, 7) is 7.85. The zero-order chi connectivity index (χ0) is 13.8. The van der Waals surface area contributed by atoms with E-state index in [1.54, 1.807) is 0 Å². The predicted molar refractivity (Wildman–Crippen MR) is 82.9 cm³/mol. The standard InChI is InChI=1S/C17H32N2O/c1-2-18-16(15-9-11-20-13-15)12-19-10-5-7-14-6-3-4-8-17(14)19/h14-18H,2-13H2,1H3/t14-,15?,16?,17-/m1/s1. The Kier molecular flexibility index (Phi) is 5.36. The Hall–Kier alpha value is -0.120. The summed E-state index contributed by atoms with van der Waals surface area (Å²) >= 11 is 0. The molecular weight excluding hydrogens is 248 g/mol. The topological polar surface area (TPSA) is 24.5 Å². The highest BCUT2D eigenvalue weighted by Crippen LogP contribution is 2.35. The van der Waals surface area contributed by atoms with Gasteiger partial charge in [-0.3, -0.25) is 4.90 Å². The fourth-order valence-corrected chi connectivity index (χ4v) is 4.72. The minimum atomic E-state index is 0.642. The van der Waals surface area contributed by atoms with Crippen molar-refractivity contribution in [3.8, 4) is 0 Å². The molecule has 3 rings (SSSR count). The number of nitrogens with zero attached hydrogens (tertiary/aromatic N) is 1. The Balaban J connectivity index is 1.60. The summed E-state index contributed by atoms with van der Waals surface area (Å²) in [5, 5.41) is 3.75. The molecular formula is C17H32N2O. The number of hydrogen-bond donors (Lipinski definition) is 1. The second-order valence-corrected chi connectivity index (χ2v) is 7.04. The first-order valence-electron chi connectivity index (χ1n) is 8.93. The number of nitrogens with one attached hydrogen (secondary N) is 1. The monoisotopic (exact) mass is 280 g/mol. The van der Waals surface area contributed by atoms with Crippen molar-refractivity contribution in [2.45, 2.75) is 64.0 Å². The van der Waals surface area contributed by atoms with Crippen LogP contribution in [-0.2, 0) is 4.74 Å². The van der Waals surface area contributed by atoms with Crippen LogP contribution in [0, 0.1) is 11.8 Å². The highest BCUT2D eigenvalue weighted by molar-refractivity contribution is 4.91. The van der Waals surface area contributed by atoms with Crippen LogP contribution >= 0.6 is 0 Å². The molecule has 1 N–H and O–H groups in total. The SMILES string of the molecule is CCNC(CN1CCC[C@H]2CCCC[C@H]21)C1CCOC1. The molecule has 1 aliphatic carbocycles. The van der Waals surface area contributed by atoms with E-state index in [0.717, 1.165) is 37.6 Å². The molecule has 3 aliphatic rings. The first-order chi connectivity index (χ1) is 9.88. The van der Waals surface area contributed by atoms with Crippen LogP contribution in [-0.4, -0.2) is 49.8 Å². The molecule has 20 heavy (non-hydrogen) atoms. The molecule has 3 fully saturated rings. The van der Waals surface area contributed by atoms with Crippen molar-refractivity contribution in [3.05, 3.63) is 0 Å². The third-order valence-electron chi connectivity index (χ3n) is 5.79. The van der Waals surface area contributed by atoms with Crippen LogP contribution in [0.25, 0.3) is 0 Å². The van der Waals surface area contributed by atoms with Crippen molar-refractivity contribution >= 4 is 0 Å². The number of piperidine rings is 1. The average molecular weight is 280 g/mol. The fraction of sp³-hybridized carbons (Fsp3) is 1.00. The molecule has 0 amide bonds. The normalized spacial score (nSPS) is 36.8. The lowest BCUT2D eigenvalue weighted by Gasteiger charge is -2.46. The number of rotatable bonds is 5. The van der Waals surface area contributed by atoms with Gasteiger partial charge in [0.1, 0.15) is 0 Å². The molecule has 3 heteroatoms. The molecule has 2 unspecified atom stereocenters. The van der Waals surface area contributed by atoms with Gasteiger partial charge in [-0.05, 0) is 51.1 Å². The highest BCUT2D eigenvalue weighted by atomic mass is 16.5. The molecule has 0 spiro atoms. The van der Waals surface area contributed by atoms with Crippen molar-refractivity contribution < 1.29 is 4.74 Å². The molecule has 0 aromatic carbocycles.